The van der Waals surface area contributed by atoms with Gasteiger partial charge in [-0.2, -0.15) is 0 Å². The Balaban J connectivity index is 1.68. The van der Waals surface area contributed by atoms with Crippen LogP contribution in [0, 0.1) is 11.8 Å². The van der Waals surface area contributed by atoms with Gasteiger partial charge in [-0.25, -0.2) is 4.79 Å². The number of allylic oxidation sites excluding steroid dienone is 1. The summed E-state index contributed by atoms with van der Waals surface area (Å²) in [6, 6.07) is 9.21. The minimum atomic E-state index is -0.188. The van der Waals surface area contributed by atoms with Gasteiger partial charge in [0.2, 0.25) is 0 Å². The molecule has 82 valence electrons. The maximum Gasteiger partial charge on any atom is 0.338 e. The van der Waals surface area contributed by atoms with Crippen LogP contribution in [0.3, 0.4) is 0 Å². The maximum atomic E-state index is 11.8. The second kappa shape index (κ2) is 3.78. The molecule has 1 aromatic rings. The lowest BCUT2D eigenvalue weighted by atomic mass is 10.0. The number of hydrogen-bond donors (Lipinski definition) is 0. The molecule has 0 heterocycles. The van der Waals surface area contributed by atoms with Crippen molar-refractivity contribution >= 4 is 5.97 Å². The van der Waals surface area contributed by atoms with Gasteiger partial charge in [-0.1, -0.05) is 30.4 Å². The molecule has 1 saturated carbocycles. The largest absolute Gasteiger partial charge is 0.458 e. The highest BCUT2D eigenvalue weighted by Crippen LogP contribution is 2.40. The highest BCUT2D eigenvalue weighted by Gasteiger charge is 2.38. The highest BCUT2D eigenvalue weighted by molar-refractivity contribution is 5.89. The third-order valence-electron chi connectivity index (χ3n) is 3.49. The van der Waals surface area contributed by atoms with Crippen molar-refractivity contribution in [2.45, 2.75) is 18.9 Å². The van der Waals surface area contributed by atoms with Crippen LogP contribution in [0.5, 0.6) is 0 Å². The van der Waals surface area contributed by atoms with Crippen molar-refractivity contribution in [1.29, 1.82) is 0 Å². The Morgan fingerprint density at radius 1 is 1.12 bits per heavy atom. The zero-order valence-electron chi connectivity index (χ0n) is 9.00. The lowest BCUT2D eigenvalue weighted by Crippen LogP contribution is -2.22. The number of carbonyl (C=O) groups is 1. The Hall–Kier alpha value is -1.57. The van der Waals surface area contributed by atoms with Gasteiger partial charge in [-0.15, -0.1) is 0 Å². The number of fused-ring (bicyclic) bond motifs is 2. The van der Waals surface area contributed by atoms with Gasteiger partial charge >= 0.3 is 5.97 Å². The van der Waals surface area contributed by atoms with Crippen LogP contribution in [-0.4, -0.2) is 12.1 Å². The number of carbonyl (C=O) groups excluding carboxylic acids is 1. The molecule has 0 radical (unpaired) electrons. The van der Waals surface area contributed by atoms with E-state index in [1.54, 1.807) is 12.1 Å². The van der Waals surface area contributed by atoms with Crippen LogP contribution in [0.25, 0.3) is 0 Å². The summed E-state index contributed by atoms with van der Waals surface area (Å²) in [5, 5.41) is 0. The third kappa shape index (κ3) is 1.64. The minimum absolute atomic E-state index is 0.0997. The minimum Gasteiger partial charge on any atom is -0.458 e. The summed E-state index contributed by atoms with van der Waals surface area (Å²) in [6.45, 7) is 0. The normalized spacial score (nSPS) is 30.6. The Kier molecular flexibility index (Phi) is 2.28. The van der Waals surface area contributed by atoms with Crippen LogP contribution in [-0.2, 0) is 4.74 Å². The lowest BCUT2D eigenvalue weighted by molar-refractivity contribution is 0.0242. The monoisotopic (exact) mass is 214 g/mol. The number of benzene rings is 1. The Labute approximate surface area is 94.9 Å². The van der Waals surface area contributed by atoms with Crippen LogP contribution in [0.4, 0.5) is 0 Å². The molecule has 0 aromatic heterocycles. The fourth-order valence-corrected chi connectivity index (χ4v) is 2.65. The Morgan fingerprint density at radius 2 is 1.94 bits per heavy atom. The molecule has 2 nitrogen and oxygen atoms in total. The summed E-state index contributed by atoms with van der Waals surface area (Å²) < 4.78 is 5.54. The summed E-state index contributed by atoms with van der Waals surface area (Å²) in [6.07, 6.45) is 6.70. The predicted octanol–water partition coefficient (Wildman–Crippen LogP) is 2.81. The summed E-state index contributed by atoms with van der Waals surface area (Å²) in [5.74, 6) is 0.905. The number of hydrogen-bond acceptors (Lipinski definition) is 2. The Bertz CT molecular complexity index is 422. The molecule has 2 aliphatic rings. The van der Waals surface area contributed by atoms with Crippen molar-refractivity contribution < 1.29 is 9.53 Å². The molecule has 0 spiro atoms. The fourth-order valence-electron chi connectivity index (χ4n) is 2.65. The fraction of sp³-hybridized carbons (Fsp3) is 0.357. The maximum absolute atomic E-state index is 11.8. The second-order valence-electron chi connectivity index (χ2n) is 4.59. The zero-order chi connectivity index (χ0) is 11.0. The highest BCUT2D eigenvalue weighted by atomic mass is 16.5. The average molecular weight is 214 g/mol. The van der Waals surface area contributed by atoms with Gasteiger partial charge in [0.25, 0.3) is 0 Å². The van der Waals surface area contributed by atoms with Gasteiger partial charge < -0.3 is 4.74 Å². The van der Waals surface area contributed by atoms with Crippen LogP contribution in [0.2, 0.25) is 0 Å². The van der Waals surface area contributed by atoms with Crippen molar-refractivity contribution in [3.63, 3.8) is 0 Å². The summed E-state index contributed by atoms with van der Waals surface area (Å²) in [4.78, 5) is 11.8. The van der Waals surface area contributed by atoms with Crippen LogP contribution in [0.15, 0.2) is 42.5 Å². The van der Waals surface area contributed by atoms with Gasteiger partial charge in [-0.05, 0) is 30.9 Å². The molecule has 2 heteroatoms. The standard InChI is InChI=1S/C14H14O2/c15-14(11-4-2-1-3-5-11)16-13-9-10-6-7-12(13)8-10/h1-7,10,12-13H,8-9H2/t10-,12+,13+/m1/s1. The van der Waals surface area contributed by atoms with Crippen LogP contribution < -0.4 is 0 Å². The molecule has 2 aliphatic carbocycles. The van der Waals surface area contributed by atoms with E-state index in [2.05, 4.69) is 12.2 Å². The molecule has 1 aromatic carbocycles. The van der Waals surface area contributed by atoms with E-state index < -0.39 is 0 Å². The van der Waals surface area contributed by atoms with Crippen molar-refractivity contribution in [2.75, 3.05) is 0 Å². The van der Waals surface area contributed by atoms with Crippen molar-refractivity contribution in [1.82, 2.24) is 0 Å². The first-order valence-electron chi connectivity index (χ1n) is 5.77. The number of esters is 1. The van der Waals surface area contributed by atoms with Crippen LogP contribution >= 0.6 is 0 Å². The molecule has 0 amide bonds. The quantitative estimate of drug-likeness (QED) is 0.559. The first kappa shape index (κ1) is 9.64. The summed E-state index contributed by atoms with van der Waals surface area (Å²) in [7, 11) is 0. The summed E-state index contributed by atoms with van der Waals surface area (Å²) in [5.41, 5.74) is 0.647. The van der Waals surface area contributed by atoms with Gasteiger partial charge in [0.1, 0.15) is 6.10 Å². The third-order valence-corrected chi connectivity index (χ3v) is 3.49. The number of ether oxygens (including phenoxy) is 1. The molecule has 1 fully saturated rings. The van der Waals surface area contributed by atoms with Crippen molar-refractivity contribution in [3.05, 3.63) is 48.0 Å². The zero-order valence-corrected chi connectivity index (χ0v) is 9.00. The van der Waals surface area contributed by atoms with Crippen LogP contribution in [0.1, 0.15) is 23.2 Å². The van der Waals surface area contributed by atoms with E-state index in [0.717, 1.165) is 12.8 Å². The molecule has 3 rings (SSSR count). The van der Waals surface area contributed by atoms with E-state index >= 15 is 0 Å². The molecule has 0 saturated heterocycles. The van der Waals surface area contributed by atoms with E-state index in [9.17, 15) is 4.79 Å². The molecule has 16 heavy (non-hydrogen) atoms. The molecule has 0 aliphatic heterocycles. The molecule has 0 unspecified atom stereocenters. The second-order valence-corrected chi connectivity index (χ2v) is 4.59. The van der Waals surface area contributed by atoms with E-state index in [1.165, 1.54) is 0 Å². The van der Waals surface area contributed by atoms with E-state index in [4.69, 9.17) is 4.74 Å². The van der Waals surface area contributed by atoms with Crippen molar-refractivity contribution in [3.8, 4) is 0 Å². The molecule has 3 atom stereocenters. The van der Waals surface area contributed by atoms with E-state index in [0.29, 0.717) is 17.4 Å². The van der Waals surface area contributed by atoms with Gasteiger partial charge in [-0.3, -0.25) is 0 Å². The SMILES string of the molecule is O=C(O[C@H]1C[C@@H]2C=C[C@H]1C2)c1ccccc1. The predicted molar refractivity (Wildman–Crippen MR) is 61.0 cm³/mol. The molecule has 0 N–H and O–H groups in total. The molecule has 2 bridgehead atoms. The average Bonchev–Trinajstić information content (AvgIpc) is 2.92. The topological polar surface area (TPSA) is 26.3 Å². The number of rotatable bonds is 2. The summed E-state index contributed by atoms with van der Waals surface area (Å²) >= 11 is 0. The van der Waals surface area contributed by atoms with E-state index in [1.807, 2.05) is 18.2 Å². The van der Waals surface area contributed by atoms with Gasteiger partial charge in [0, 0.05) is 5.92 Å². The first-order valence-corrected chi connectivity index (χ1v) is 5.77. The van der Waals surface area contributed by atoms with E-state index in [-0.39, 0.29) is 12.1 Å². The molecular formula is C14H14O2. The Morgan fingerprint density at radius 3 is 2.56 bits per heavy atom. The van der Waals surface area contributed by atoms with Gasteiger partial charge in [0.05, 0.1) is 5.56 Å². The van der Waals surface area contributed by atoms with Gasteiger partial charge in [0.15, 0.2) is 0 Å². The van der Waals surface area contributed by atoms with Crippen molar-refractivity contribution in [2.24, 2.45) is 11.8 Å². The first-order chi connectivity index (χ1) is 7.83. The lowest BCUT2D eigenvalue weighted by Gasteiger charge is -2.18. The molecular weight excluding hydrogens is 200 g/mol. The smallest absolute Gasteiger partial charge is 0.338 e.